The Balaban J connectivity index is 2.18. The van der Waals surface area contributed by atoms with E-state index in [-0.39, 0.29) is 5.02 Å². The predicted molar refractivity (Wildman–Crippen MR) is 53.7 cm³/mol. The fourth-order valence-electron chi connectivity index (χ4n) is 1.72. The fraction of sp³-hybridized carbons (Fsp3) is 0.455. The molecule has 76 valence electrons. The van der Waals surface area contributed by atoms with Crippen molar-refractivity contribution in [2.75, 3.05) is 0 Å². The third-order valence-corrected chi connectivity index (χ3v) is 3.19. The molecule has 0 spiro atoms. The largest absolute Gasteiger partial charge is 0.388 e. The zero-order valence-corrected chi connectivity index (χ0v) is 8.47. The molecule has 2 rings (SSSR count). The minimum absolute atomic E-state index is 0.106. The van der Waals surface area contributed by atoms with Crippen LogP contribution in [0.15, 0.2) is 18.2 Å². The Morgan fingerprint density at radius 1 is 1.43 bits per heavy atom. The van der Waals surface area contributed by atoms with E-state index in [4.69, 9.17) is 11.6 Å². The Kier molecular flexibility index (Phi) is 2.75. The average Bonchev–Trinajstić information content (AvgIpc) is 2.06. The number of hydrogen-bond donors (Lipinski definition) is 1. The molecular formula is C11H12ClFO. The molecule has 14 heavy (non-hydrogen) atoms. The number of benzene rings is 1. The highest BCUT2D eigenvalue weighted by Crippen LogP contribution is 2.38. The lowest BCUT2D eigenvalue weighted by molar-refractivity contribution is 0.0618. The lowest BCUT2D eigenvalue weighted by atomic mass is 9.79. The van der Waals surface area contributed by atoms with Crippen molar-refractivity contribution in [1.82, 2.24) is 0 Å². The van der Waals surface area contributed by atoms with E-state index in [1.54, 1.807) is 6.07 Å². The van der Waals surface area contributed by atoms with Crippen LogP contribution in [0.5, 0.6) is 0 Å². The van der Waals surface area contributed by atoms with Gasteiger partial charge in [-0.25, -0.2) is 4.39 Å². The van der Waals surface area contributed by atoms with E-state index in [9.17, 15) is 9.50 Å². The normalized spacial score (nSPS) is 19.1. The molecule has 1 atom stereocenters. The van der Waals surface area contributed by atoms with Crippen LogP contribution in [0, 0.1) is 11.7 Å². The first-order chi connectivity index (χ1) is 6.68. The molecule has 1 aromatic rings. The summed E-state index contributed by atoms with van der Waals surface area (Å²) in [6.07, 6.45) is 2.70. The third-order valence-electron chi connectivity index (χ3n) is 2.88. The minimum Gasteiger partial charge on any atom is -0.388 e. The van der Waals surface area contributed by atoms with Crippen LogP contribution < -0.4 is 0 Å². The summed E-state index contributed by atoms with van der Waals surface area (Å²) in [4.78, 5) is 0. The summed E-state index contributed by atoms with van der Waals surface area (Å²) < 4.78 is 13.1. The molecule has 0 aromatic heterocycles. The van der Waals surface area contributed by atoms with Gasteiger partial charge >= 0.3 is 0 Å². The van der Waals surface area contributed by atoms with E-state index in [1.807, 2.05) is 0 Å². The molecule has 0 bridgehead atoms. The van der Waals surface area contributed by atoms with Crippen molar-refractivity contribution in [2.24, 2.45) is 5.92 Å². The van der Waals surface area contributed by atoms with Gasteiger partial charge in [-0.15, -0.1) is 0 Å². The van der Waals surface area contributed by atoms with Gasteiger partial charge in [-0.3, -0.25) is 0 Å². The van der Waals surface area contributed by atoms with Crippen LogP contribution in [0.1, 0.15) is 30.9 Å². The lowest BCUT2D eigenvalue weighted by Crippen LogP contribution is -2.20. The Bertz CT molecular complexity index is 336. The van der Waals surface area contributed by atoms with E-state index in [2.05, 4.69) is 0 Å². The molecule has 1 fully saturated rings. The van der Waals surface area contributed by atoms with Crippen LogP contribution >= 0.6 is 11.6 Å². The molecule has 1 N–H and O–H groups in total. The standard InChI is InChI=1S/C11H12ClFO/c12-9-5-4-8(6-10(9)13)11(14)7-2-1-3-7/h4-7,11,14H,1-3H2. The minimum atomic E-state index is -0.532. The summed E-state index contributed by atoms with van der Waals surface area (Å²) in [5.41, 5.74) is 0.636. The quantitative estimate of drug-likeness (QED) is 0.801. The fourth-order valence-corrected chi connectivity index (χ4v) is 1.84. The van der Waals surface area contributed by atoms with Gasteiger partial charge in [-0.1, -0.05) is 24.1 Å². The van der Waals surface area contributed by atoms with Crippen LogP contribution in [0.3, 0.4) is 0 Å². The van der Waals surface area contributed by atoms with Gasteiger partial charge in [-0.2, -0.15) is 0 Å². The maximum Gasteiger partial charge on any atom is 0.142 e. The van der Waals surface area contributed by atoms with E-state index < -0.39 is 11.9 Å². The first-order valence-corrected chi connectivity index (χ1v) is 5.19. The molecule has 0 aliphatic heterocycles. The van der Waals surface area contributed by atoms with Gasteiger partial charge in [-0.05, 0) is 36.5 Å². The molecule has 0 radical (unpaired) electrons. The summed E-state index contributed by atoms with van der Waals surface area (Å²) in [5, 5.41) is 9.95. The summed E-state index contributed by atoms with van der Waals surface area (Å²) in [7, 11) is 0. The highest BCUT2D eigenvalue weighted by molar-refractivity contribution is 6.30. The maximum atomic E-state index is 13.1. The van der Waals surface area contributed by atoms with Gasteiger partial charge in [0.1, 0.15) is 5.82 Å². The van der Waals surface area contributed by atoms with Crippen molar-refractivity contribution >= 4 is 11.6 Å². The van der Waals surface area contributed by atoms with Crippen molar-refractivity contribution in [1.29, 1.82) is 0 Å². The van der Waals surface area contributed by atoms with Crippen LogP contribution in [-0.2, 0) is 0 Å². The Morgan fingerprint density at radius 2 is 2.14 bits per heavy atom. The van der Waals surface area contributed by atoms with Crippen LogP contribution in [0.2, 0.25) is 5.02 Å². The summed E-state index contributed by atoms with van der Waals surface area (Å²) in [5.74, 6) is -0.155. The van der Waals surface area contributed by atoms with Crippen molar-refractivity contribution in [3.63, 3.8) is 0 Å². The van der Waals surface area contributed by atoms with E-state index in [0.717, 1.165) is 19.3 Å². The van der Waals surface area contributed by atoms with Crippen LogP contribution in [0.4, 0.5) is 4.39 Å². The van der Waals surface area contributed by atoms with Gasteiger partial charge < -0.3 is 5.11 Å². The highest BCUT2D eigenvalue weighted by atomic mass is 35.5. The number of aliphatic hydroxyl groups excluding tert-OH is 1. The second-order valence-electron chi connectivity index (χ2n) is 3.81. The molecule has 1 aromatic carbocycles. The zero-order chi connectivity index (χ0) is 10.1. The van der Waals surface area contributed by atoms with Crippen molar-refractivity contribution in [3.05, 3.63) is 34.6 Å². The molecule has 0 heterocycles. The smallest absolute Gasteiger partial charge is 0.142 e. The van der Waals surface area contributed by atoms with Gasteiger partial charge in [0.2, 0.25) is 0 Å². The Hall–Kier alpha value is -0.600. The maximum absolute atomic E-state index is 13.1. The molecule has 3 heteroatoms. The lowest BCUT2D eigenvalue weighted by Gasteiger charge is -2.30. The predicted octanol–water partition coefficient (Wildman–Crippen LogP) is 3.31. The van der Waals surface area contributed by atoms with Crippen molar-refractivity contribution in [3.8, 4) is 0 Å². The second-order valence-corrected chi connectivity index (χ2v) is 4.22. The zero-order valence-electron chi connectivity index (χ0n) is 7.71. The molecule has 0 amide bonds. The number of rotatable bonds is 2. The molecular weight excluding hydrogens is 203 g/mol. The molecule has 1 unspecified atom stereocenters. The Morgan fingerprint density at radius 3 is 2.64 bits per heavy atom. The van der Waals surface area contributed by atoms with Crippen molar-refractivity contribution in [2.45, 2.75) is 25.4 Å². The molecule has 1 saturated carbocycles. The van der Waals surface area contributed by atoms with Gasteiger partial charge in [0.25, 0.3) is 0 Å². The van der Waals surface area contributed by atoms with Gasteiger partial charge in [0, 0.05) is 0 Å². The van der Waals surface area contributed by atoms with Crippen LogP contribution in [-0.4, -0.2) is 5.11 Å². The number of aliphatic hydroxyl groups is 1. The monoisotopic (exact) mass is 214 g/mol. The SMILES string of the molecule is OC(c1ccc(Cl)c(F)c1)C1CCC1. The molecule has 1 nitrogen and oxygen atoms in total. The topological polar surface area (TPSA) is 20.2 Å². The van der Waals surface area contributed by atoms with E-state index in [1.165, 1.54) is 12.1 Å². The number of hydrogen-bond acceptors (Lipinski definition) is 1. The van der Waals surface area contributed by atoms with E-state index >= 15 is 0 Å². The first kappa shape index (κ1) is 9.94. The summed E-state index contributed by atoms with van der Waals surface area (Å²) in [6.45, 7) is 0. The average molecular weight is 215 g/mol. The van der Waals surface area contributed by atoms with E-state index in [0.29, 0.717) is 11.5 Å². The second kappa shape index (κ2) is 3.87. The summed E-state index contributed by atoms with van der Waals surface area (Å²) >= 11 is 5.56. The molecule has 1 aliphatic rings. The Labute approximate surface area is 87.5 Å². The molecule has 1 aliphatic carbocycles. The number of halogens is 2. The third kappa shape index (κ3) is 1.77. The van der Waals surface area contributed by atoms with Crippen molar-refractivity contribution < 1.29 is 9.50 Å². The van der Waals surface area contributed by atoms with Gasteiger partial charge in [0.05, 0.1) is 11.1 Å². The van der Waals surface area contributed by atoms with Gasteiger partial charge in [0.15, 0.2) is 0 Å². The summed E-state index contributed by atoms with van der Waals surface area (Å²) in [6, 6.07) is 4.51. The first-order valence-electron chi connectivity index (χ1n) is 4.81. The highest BCUT2D eigenvalue weighted by Gasteiger charge is 2.26. The molecule has 0 saturated heterocycles. The van der Waals surface area contributed by atoms with Crippen LogP contribution in [0.25, 0.3) is 0 Å².